The molecule has 0 aliphatic carbocycles. The molecule has 0 saturated carbocycles. The van der Waals surface area contributed by atoms with Crippen LogP contribution in [0.3, 0.4) is 0 Å². The van der Waals surface area contributed by atoms with Gasteiger partial charge in [-0.15, -0.1) is 0 Å². The van der Waals surface area contributed by atoms with Gasteiger partial charge in [-0.1, -0.05) is 30.9 Å². The number of likely N-dealkylation sites (tertiary alicyclic amines) is 1. The van der Waals surface area contributed by atoms with E-state index in [2.05, 4.69) is 6.58 Å². The van der Waals surface area contributed by atoms with Crippen LogP contribution in [0.15, 0.2) is 36.9 Å². The molecule has 5 nitrogen and oxygen atoms in total. The van der Waals surface area contributed by atoms with Crippen molar-refractivity contribution in [3.63, 3.8) is 0 Å². The Labute approximate surface area is 130 Å². The summed E-state index contributed by atoms with van der Waals surface area (Å²) in [5, 5.41) is 9.21. The molecule has 1 saturated heterocycles. The molecule has 1 aromatic rings. The molecule has 1 heterocycles. The maximum absolute atomic E-state index is 11.7. The number of piperidine rings is 1. The number of carbonyl (C=O) groups excluding carboxylic acids is 1. The highest BCUT2D eigenvalue weighted by Gasteiger charge is 2.24. The van der Waals surface area contributed by atoms with Crippen LogP contribution in [0.1, 0.15) is 28.8 Å². The van der Waals surface area contributed by atoms with Crippen LogP contribution in [0.25, 0.3) is 0 Å². The quantitative estimate of drug-likeness (QED) is 0.849. The molecule has 1 aliphatic heterocycles. The molecule has 1 aliphatic rings. The highest BCUT2D eigenvalue weighted by molar-refractivity contribution is 5.89. The van der Waals surface area contributed by atoms with Crippen LogP contribution in [-0.4, -0.2) is 41.8 Å². The van der Waals surface area contributed by atoms with E-state index < -0.39 is 5.97 Å². The zero-order valence-electron chi connectivity index (χ0n) is 12.5. The van der Waals surface area contributed by atoms with E-state index in [1.165, 1.54) is 0 Å². The number of amides is 1. The molecule has 0 atom stereocenters. The van der Waals surface area contributed by atoms with E-state index >= 15 is 0 Å². The SMILES string of the molecule is C=CCOC(=O)N1CCC(Cc2ccccc2C(=O)O)CC1. The van der Waals surface area contributed by atoms with Gasteiger partial charge in [0.2, 0.25) is 0 Å². The Bertz CT molecular complexity index is 547. The molecule has 0 spiro atoms. The van der Waals surface area contributed by atoms with E-state index in [0.29, 0.717) is 24.6 Å². The average Bonchev–Trinajstić information content (AvgIpc) is 2.53. The monoisotopic (exact) mass is 303 g/mol. The number of aromatic carboxylic acids is 1. The van der Waals surface area contributed by atoms with Crippen LogP contribution in [0, 0.1) is 5.92 Å². The number of ether oxygens (including phenoxy) is 1. The predicted octanol–water partition coefficient (Wildman–Crippen LogP) is 2.96. The molecular weight excluding hydrogens is 282 g/mol. The largest absolute Gasteiger partial charge is 0.478 e. The number of benzene rings is 1. The number of nitrogens with zero attached hydrogens (tertiary/aromatic N) is 1. The summed E-state index contributed by atoms with van der Waals surface area (Å²) in [6.45, 7) is 5.04. The van der Waals surface area contributed by atoms with Crippen molar-refractivity contribution in [2.45, 2.75) is 19.3 Å². The molecular formula is C17H21NO4. The zero-order chi connectivity index (χ0) is 15.9. The molecule has 22 heavy (non-hydrogen) atoms. The molecule has 1 N–H and O–H groups in total. The van der Waals surface area contributed by atoms with Crippen molar-refractivity contribution in [1.29, 1.82) is 0 Å². The number of rotatable bonds is 5. The predicted molar refractivity (Wildman–Crippen MR) is 82.9 cm³/mol. The minimum Gasteiger partial charge on any atom is -0.478 e. The van der Waals surface area contributed by atoms with Crippen LogP contribution < -0.4 is 0 Å². The Hall–Kier alpha value is -2.30. The van der Waals surface area contributed by atoms with E-state index in [1.54, 1.807) is 23.1 Å². The van der Waals surface area contributed by atoms with Crippen molar-refractivity contribution in [3.05, 3.63) is 48.0 Å². The standard InChI is InChI=1S/C17H21NO4/c1-2-11-22-17(21)18-9-7-13(8-10-18)12-14-5-3-4-6-15(14)16(19)20/h2-6,13H,1,7-12H2,(H,19,20). The van der Waals surface area contributed by atoms with Crippen molar-refractivity contribution in [2.75, 3.05) is 19.7 Å². The fourth-order valence-corrected chi connectivity index (χ4v) is 2.76. The first kappa shape index (κ1) is 16.1. The molecule has 1 fully saturated rings. The molecule has 0 bridgehead atoms. The van der Waals surface area contributed by atoms with Crippen LogP contribution in [0.5, 0.6) is 0 Å². The van der Waals surface area contributed by atoms with Crippen molar-refractivity contribution in [1.82, 2.24) is 4.90 Å². The van der Waals surface area contributed by atoms with Gasteiger partial charge < -0.3 is 14.7 Å². The molecule has 2 rings (SSSR count). The smallest absolute Gasteiger partial charge is 0.410 e. The zero-order valence-corrected chi connectivity index (χ0v) is 12.5. The number of carbonyl (C=O) groups is 2. The third-order valence-electron chi connectivity index (χ3n) is 3.95. The van der Waals surface area contributed by atoms with Crippen molar-refractivity contribution in [3.8, 4) is 0 Å². The van der Waals surface area contributed by atoms with Crippen molar-refractivity contribution < 1.29 is 19.4 Å². The lowest BCUT2D eigenvalue weighted by Gasteiger charge is -2.31. The Balaban J connectivity index is 1.89. The topological polar surface area (TPSA) is 66.8 Å². The van der Waals surface area contributed by atoms with Gasteiger partial charge in [-0.3, -0.25) is 0 Å². The van der Waals surface area contributed by atoms with Gasteiger partial charge in [0, 0.05) is 13.1 Å². The molecule has 0 radical (unpaired) electrons. The Morgan fingerprint density at radius 1 is 1.32 bits per heavy atom. The van der Waals surface area contributed by atoms with E-state index in [0.717, 1.165) is 24.8 Å². The van der Waals surface area contributed by atoms with Gasteiger partial charge in [-0.05, 0) is 36.8 Å². The number of carboxylic acid groups (broad SMARTS) is 1. The van der Waals surface area contributed by atoms with Gasteiger partial charge in [0.05, 0.1) is 5.56 Å². The van der Waals surface area contributed by atoms with Crippen LogP contribution in [-0.2, 0) is 11.2 Å². The fourth-order valence-electron chi connectivity index (χ4n) is 2.76. The Kier molecular flexibility index (Phi) is 5.58. The normalized spacial score (nSPS) is 15.4. The minimum atomic E-state index is -0.888. The van der Waals surface area contributed by atoms with Gasteiger partial charge in [-0.2, -0.15) is 0 Å². The molecule has 118 valence electrons. The maximum atomic E-state index is 11.7. The average molecular weight is 303 g/mol. The lowest BCUT2D eigenvalue weighted by Crippen LogP contribution is -2.39. The van der Waals surface area contributed by atoms with Crippen molar-refractivity contribution >= 4 is 12.1 Å². The highest BCUT2D eigenvalue weighted by atomic mass is 16.6. The van der Waals surface area contributed by atoms with E-state index in [4.69, 9.17) is 4.74 Å². The second-order valence-corrected chi connectivity index (χ2v) is 5.46. The van der Waals surface area contributed by atoms with Gasteiger partial charge >= 0.3 is 12.1 Å². The van der Waals surface area contributed by atoms with E-state index in [9.17, 15) is 14.7 Å². The lowest BCUT2D eigenvalue weighted by atomic mass is 9.88. The van der Waals surface area contributed by atoms with Crippen LogP contribution in [0.2, 0.25) is 0 Å². The summed E-state index contributed by atoms with van der Waals surface area (Å²) in [6.07, 6.45) is 3.70. The third-order valence-corrected chi connectivity index (χ3v) is 3.95. The summed E-state index contributed by atoms with van der Waals surface area (Å²) in [7, 11) is 0. The number of hydrogen-bond donors (Lipinski definition) is 1. The lowest BCUT2D eigenvalue weighted by molar-refractivity contribution is 0.0695. The van der Waals surface area contributed by atoms with Crippen molar-refractivity contribution in [2.24, 2.45) is 5.92 Å². The third kappa shape index (κ3) is 4.10. The van der Waals surface area contributed by atoms with E-state index in [-0.39, 0.29) is 12.7 Å². The fraction of sp³-hybridized carbons (Fsp3) is 0.412. The highest BCUT2D eigenvalue weighted by Crippen LogP contribution is 2.23. The second kappa shape index (κ2) is 7.64. The first-order valence-electron chi connectivity index (χ1n) is 7.45. The first-order chi connectivity index (χ1) is 10.6. The molecule has 1 amide bonds. The van der Waals surface area contributed by atoms with Gasteiger partial charge in [0.1, 0.15) is 6.61 Å². The van der Waals surface area contributed by atoms with Gasteiger partial charge in [0.15, 0.2) is 0 Å². The summed E-state index contributed by atoms with van der Waals surface area (Å²) in [4.78, 5) is 24.7. The molecule has 0 unspecified atom stereocenters. The Morgan fingerprint density at radius 3 is 2.64 bits per heavy atom. The summed E-state index contributed by atoms with van der Waals surface area (Å²) < 4.78 is 5.03. The van der Waals surface area contributed by atoms with Gasteiger partial charge in [0.25, 0.3) is 0 Å². The summed E-state index contributed by atoms with van der Waals surface area (Å²) in [6, 6.07) is 7.11. The van der Waals surface area contributed by atoms with Gasteiger partial charge in [-0.25, -0.2) is 9.59 Å². The van der Waals surface area contributed by atoms with E-state index in [1.807, 2.05) is 12.1 Å². The maximum Gasteiger partial charge on any atom is 0.410 e. The Morgan fingerprint density at radius 2 is 2.00 bits per heavy atom. The van der Waals surface area contributed by atoms with Crippen LogP contribution in [0.4, 0.5) is 4.79 Å². The minimum absolute atomic E-state index is 0.227. The number of carboxylic acids is 1. The summed E-state index contributed by atoms with van der Waals surface area (Å²) in [5.41, 5.74) is 1.23. The summed E-state index contributed by atoms with van der Waals surface area (Å²) >= 11 is 0. The van der Waals surface area contributed by atoms with Crippen LogP contribution >= 0.6 is 0 Å². The second-order valence-electron chi connectivity index (χ2n) is 5.46. The molecule has 5 heteroatoms. The summed E-state index contributed by atoms with van der Waals surface area (Å²) in [5.74, 6) is -0.495. The molecule has 0 aromatic heterocycles. The first-order valence-corrected chi connectivity index (χ1v) is 7.45. The number of hydrogen-bond acceptors (Lipinski definition) is 3. The molecule has 1 aromatic carbocycles.